The fourth-order valence-electron chi connectivity index (χ4n) is 2.01. The zero-order valence-corrected chi connectivity index (χ0v) is 11.8. The van der Waals surface area contributed by atoms with Crippen LogP contribution in [-0.4, -0.2) is 30.5 Å². The first-order valence-electron chi connectivity index (χ1n) is 6.60. The molecule has 3 nitrogen and oxygen atoms in total. The minimum Gasteiger partial charge on any atom is -0.385 e. The van der Waals surface area contributed by atoms with Gasteiger partial charge in [0.05, 0.1) is 0 Å². The molecule has 0 bridgehead atoms. The maximum absolute atomic E-state index is 11.7. The van der Waals surface area contributed by atoms with E-state index < -0.39 is 0 Å². The first-order chi connectivity index (χ1) is 9.29. The Bertz CT molecular complexity index is 424. The Morgan fingerprint density at radius 2 is 2.21 bits per heavy atom. The monoisotopic (exact) mass is 276 g/mol. The Labute approximate surface area is 118 Å². The number of hydrogen-bond donors (Lipinski definition) is 2. The van der Waals surface area contributed by atoms with Gasteiger partial charge in [0.2, 0.25) is 0 Å². The molecular weight excluding hydrogens is 256 g/mol. The van der Waals surface area contributed by atoms with Crippen LogP contribution in [0.4, 0.5) is 5.69 Å². The number of carbonyl (C=O) groups is 1. The van der Waals surface area contributed by atoms with E-state index in [0.29, 0.717) is 12.1 Å². The van der Waals surface area contributed by atoms with Gasteiger partial charge in [-0.1, -0.05) is 6.08 Å². The second-order valence-corrected chi connectivity index (χ2v) is 5.84. The van der Waals surface area contributed by atoms with Crippen molar-refractivity contribution in [3.8, 4) is 0 Å². The van der Waals surface area contributed by atoms with E-state index in [2.05, 4.69) is 17.2 Å². The van der Waals surface area contributed by atoms with Crippen molar-refractivity contribution in [1.29, 1.82) is 0 Å². The van der Waals surface area contributed by atoms with Gasteiger partial charge < -0.3 is 10.6 Å². The summed E-state index contributed by atoms with van der Waals surface area (Å²) in [5.74, 6) is 3.27. The molecule has 0 aliphatic carbocycles. The second-order valence-electron chi connectivity index (χ2n) is 4.69. The quantitative estimate of drug-likeness (QED) is 0.785. The summed E-state index contributed by atoms with van der Waals surface area (Å²) in [6.45, 7) is 5.10. The molecule has 0 saturated carbocycles. The molecule has 1 unspecified atom stereocenters. The van der Waals surface area contributed by atoms with Gasteiger partial charge in [-0.05, 0) is 48.1 Å². The molecule has 4 heteroatoms. The summed E-state index contributed by atoms with van der Waals surface area (Å²) >= 11 is 2.03. The number of thioether (sulfide) groups is 1. The molecule has 1 atom stereocenters. The molecule has 0 aromatic heterocycles. The van der Waals surface area contributed by atoms with Gasteiger partial charge in [-0.2, -0.15) is 11.8 Å². The predicted octanol–water partition coefficient (Wildman–Crippen LogP) is 2.77. The molecule has 0 radical (unpaired) electrons. The van der Waals surface area contributed by atoms with Gasteiger partial charge in [0.25, 0.3) is 5.91 Å². The number of hydrogen-bond acceptors (Lipinski definition) is 3. The smallest absolute Gasteiger partial charge is 0.251 e. The molecule has 1 saturated heterocycles. The van der Waals surface area contributed by atoms with Gasteiger partial charge in [-0.25, -0.2) is 0 Å². The van der Waals surface area contributed by atoms with E-state index in [1.54, 1.807) is 6.08 Å². The summed E-state index contributed by atoms with van der Waals surface area (Å²) < 4.78 is 0. The summed E-state index contributed by atoms with van der Waals surface area (Å²) in [6.07, 6.45) is 2.98. The van der Waals surface area contributed by atoms with Crippen molar-refractivity contribution in [2.75, 3.05) is 29.9 Å². The Kier molecular flexibility index (Phi) is 5.33. The van der Waals surface area contributed by atoms with Gasteiger partial charge in [0.15, 0.2) is 0 Å². The van der Waals surface area contributed by atoms with E-state index in [1.807, 2.05) is 36.0 Å². The number of rotatable bonds is 6. The summed E-state index contributed by atoms with van der Waals surface area (Å²) in [7, 11) is 0. The average Bonchev–Trinajstić information content (AvgIpc) is 2.96. The number of nitrogens with one attached hydrogen (secondary N) is 2. The first-order valence-corrected chi connectivity index (χ1v) is 7.76. The molecule has 1 aliphatic heterocycles. The Balaban J connectivity index is 1.83. The van der Waals surface area contributed by atoms with Crippen LogP contribution in [0, 0.1) is 5.92 Å². The zero-order chi connectivity index (χ0) is 13.5. The van der Waals surface area contributed by atoms with E-state index in [-0.39, 0.29) is 5.91 Å². The predicted molar refractivity (Wildman–Crippen MR) is 82.9 cm³/mol. The Morgan fingerprint density at radius 3 is 2.84 bits per heavy atom. The molecule has 1 aromatic carbocycles. The molecular formula is C15H20N2OS. The second kappa shape index (κ2) is 7.24. The van der Waals surface area contributed by atoms with Crippen molar-refractivity contribution >= 4 is 23.4 Å². The molecule has 0 spiro atoms. The van der Waals surface area contributed by atoms with E-state index in [0.717, 1.165) is 18.2 Å². The van der Waals surface area contributed by atoms with Crippen LogP contribution in [0.3, 0.4) is 0 Å². The lowest BCUT2D eigenvalue weighted by Gasteiger charge is -2.11. The summed E-state index contributed by atoms with van der Waals surface area (Å²) in [5, 5.41) is 6.20. The third kappa shape index (κ3) is 4.31. The highest BCUT2D eigenvalue weighted by Crippen LogP contribution is 2.23. The zero-order valence-electron chi connectivity index (χ0n) is 11.0. The van der Waals surface area contributed by atoms with E-state index in [9.17, 15) is 4.79 Å². The van der Waals surface area contributed by atoms with Crippen molar-refractivity contribution in [2.24, 2.45) is 5.92 Å². The van der Waals surface area contributed by atoms with Crippen LogP contribution in [0.25, 0.3) is 0 Å². The fourth-order valence-corrected chi connectivity index (χ4v) is 3.30. The van der Waals surface area contributed by atoms with Crippen molar-refractivity contribution < 1.29 is 4.79 Å². The van der Waals surface area contributed by atoms with Crippen LogP contribution < -0.4 is 10.6 Å². The number of carbonyl (C=O) groups excluding carboxylic acids is 1. The van der Waals surface area contributed by atoms with Crippen LogP contribution in [0.1, 0.15) is 16.8 Å². The maximum atomic E-state index is 11.7. The fraction of sp³-hybridized carbons (Fsp3) is 0.400. The molecule has 2 rings (SSSR count). The summed E-state index contributed by atoms with van der Waals surface area (Å²) in [4.78, 5) is 11.7. The van der Waals surface area contributed by atoms with Gasteiger partial charge in [0, 0.05) is 24.3 Å². The minimum absolute atomic E-state index is 0.0568. The van der Waals surface area contributed by atoms with Crippen LogP contribution in [0.15, 0.2) is 36.9 Å². The number of benzene rings is 1. The summed E-state index contributed by atoms with van der Waals surface area (Å²) in [5.41, 5.74) is 1.76. The van der Waals surface area contributed by atoms with Gasteiger partial charge in [-0.15, -0.1) is 6.58 Å². The molecule has 1 aromatic rings. The lowest BCUT2D eigenvalue weighted by Crippen LogP contribution is -2.23. The van der Waals surface area contributed by atoms with E-state index in [4.69, 9.17) is 0 Å². The molecule has 1 amide bonds. The molecule has 1 aliphatic rings. The lowest BCUT2D eigenvalue weighted by atomic mass is 10.1. The Morgan fingerprint density at radius 1 is 1.42 bits per heavy atom. The van der Waals surface area contributed by atoms with Crippen LogP contribution >= 0.6 is 11.8 Å². The van der Waals surface area contributed by atoms with Gasteiger partial charge in [-0.3, -0.25) is 4.79 Å². The highest BCUT2D eigenvalue weighted by atomic mass is 32.2. The van der Waals surface area contributed by atoms with Crippen molar-refractivity contribution in [3.05, 3.63) is 42.5 Å². The third-order valence-electron chi connectivity index (χ3n) is 3.17. The Hall–Kier alpha value is -1.42. The first kappa shape index (κ1) is 14.0. The summed E-state index contributed by atoms with van der Waals surface area (Å²) in [6, 6.07) is 7.63. The van der Waals surface area contributed by atoms with Crippen molar-refractivity contribution in [3.63, 3.8) is 0 Å². The SMILES string of the molecule is C=CCNC(=O)c1ccc(NCC2CCSC2)cc1. The van der Waals surface area contributed by atoms with Gasteiger partial charge in [0.1, 0.15) is 0 Å². The van der Waals surface area contributed by atoms with Crippen molar-refractivity contribution in [2.45, 2.75) is 6.42 Å². The molecule has 102 valence electrons. The highest BCUT2D eigenvalue weighted by Gasteiger charge is 2.14. The average molecular weight is 276 g/mol. The topological polar surface area (TPSA) is 41.1 Å². The third-order valence-corrected chi connectivity index (χ3v) is 4.40. The standard InChI is InChI=1S/C15H20N2OS/c1-2-8-16-15(18)13-3-5-14(6-4-13)17-10-12-7-9-19-11-12/h2-6,12,17H,1,7-11H2,(H,16,18). The molecule has 19 heavy (non-hydrogen) atoms. The van der Waals surface area contributed by atoms with Gasteiger partial charge >= 0.3 is 0 Å². The van der Waals surface area contributed by atoms with E-state index in [1.165, 1.54) is 17.9 Å². The van der Waals surface area contributed by atoms with Crippen LogP contribution in [0.2, 0.25) is 0 Å². The molecule has 2 N–H and O–H groups in total. The molecule has 1 heterocycles. The minimum atomic E-state index is -0.0568. The van der Waals surface area contributed by atoms with Crippen molar-refractivity contribution in [1.82, 2.24) is 5.32 Å². The molecule has 1 fully saturated rings. The normalized spacial score (nSPS) is 18.0. The number of anilines is 1. The lowest BCUT2D eigenvalue weighted by molar-refractivity contribution is 0.0958. The van der Waals surface area contributed by atoms with Crippen LogP contribution in [0.5, 0.6) is 0 Å². The highest BCUT2D eigenvalue weighted by molar-refractivity contribution is 7.99. The van der Waals surface area contributed by atoms with Crippen LogP contribution in [-0.2, 0) is 0 Å². The maximum Gasteiger partial charge on any atom is 0.251 e. The van der Waals surface area contributed by atoms with E-state index >= 15 is 0 Å². The number of amides is 1. The largest absolute Gasteiger partial charge is 0.385 e.